The largest absolute Gasteiger partial charge is 0.481 e. The zero-order chi connectivity index (χ0) is 24.5. The third-order valence-electron chi connectivity index (χ3n) is 5.47. The van der Waals surface area contributed by atoms with Gasteiger partial charge >= 0.3 is 6.18 Å². The minimum atomic E-state index is -4.59. The monoisotopic (exact) mass is 474 g/mol. The minimum Gasteiger partial charge on any atom is -0.481 e. The van der Waals surface area contributed by atoms with E-state index in [4.69, 9.17) is 0 Å². The van der Waals surface area contributed by atoms with Crippen molar-refractivity contribution in [3.05, 3.63) is 89.7 Å². The highest BCUT2D eigenvalue weighted by Gasteiger charge is 2.29. The molecule has 34 heavy (non-hydrogen) atoms. The molecular weight excluding hydrogens is 454 g/mol. The second-order valence-electron chi connectivity index (χ2n) is 7.98. The molecule has 0 saturated carbocycles. The molecule has 0 heterocycles. The first kappa shape index (κ1) is 23.7. The van der Waals surface area contributed by atoms with Crippen molar-refractivity contribution >= 4 is 10.8 Å². The van der Waals surface area contributed by atoms with Gasteiger partial charge in [0.15, 0.2) is 18.2 Å². The summed E-state index contributed by atoms with van der Waals surface area (Å²) in [5, 5.41) is 0.421. The molecule has 0 atom stereocenters. The lowest BCUT2D eigenvalue weighted by Crippen LogP contribution is -2.19. The average Bonchev–Trinajstić information content (AvgIpc) is 2.78. The Balaban J connectivity index is 1.64. The Hall–Kier alpha value is -3.48. The van der Waals surface area contributed by atoms with Crippen LogP contribution in [0.3, 0.4) is 0 Å². The van der Waals surface area contributed by atoms with E-state index in [9.17, 15) is 26.3 Å². The molecule has 4 aromatic rings. The van der Waals surface area contributed by atoms with E-state index in [1.54, 1.807) is 12.1 Å². The van der Waals surface area contributed by atoms with Crippen LogP contribution >= 0.6 is 0 Å². The van der Waals surface area contributed by atoms with E-state index in [0.29, 0.717) is 16.5 Å². The summed E-state index contributed by atoms with van der Waals surface area (Å²) >= 11 is 0. The quantitative estimate of drug-likeness (QED) is 0.255. The maximum absolute atomic E-state index is 15.0. The Morgan fingerprint density at radius 1 is 0.735 bits per heavy atom. The Labute approximate surface area is 192 Å². The summed E-state index contributed by atoms with van der Waals surface area (Å²) in [6.45, 7) is 0.398. The maximum Gasteiger partial charge on any atom is 0.422 e. The van der Waals surface area contributed by atoms with Crippen molar-refractivity contribution in [1.29, 1.82) is 0 Å². The van der Waals surface area contributed by atoms with Gasteiger partial charge in [0.25, 0.3) is 0 Å². The number of hydrogen-bond donors (Lipinski definition) is 0. The number of rotatable bonds is 6. The fourth-order valence-corrected chi connectivity index (χ4v) is 3.86. The van der Waals surface area contributed by atoms with E-state index < -0.39 is 36.0 Å². The van der Waals surface area contributed by atoms with Gasteiger partial charge in [0.05, 0.1) is 0 Å². The van der Waals surface area contributed by atoms with Crippen molar-refractivity contribution in [3.8, 4) is 28.0 Å². The summed E-state index contributed by atoms with van der Waals surface area (Å²) in [6.07, 6.45) is -2.95. The van der Waals surface area contributed by atoms with E-state index in [0.717, 1.165) is 24.5 Å². The van der Waals surface area contributed by atoms with Gasteiger partial charge in [0, 0.05) is 16.5 Å². The van der Waals surface area contributed by atoms with Crippen LogP contribution in [-0.2, 0) is 6.42 Å². The van der Waals surface area contributed by atoms with Crippen molar-refractivity contribution in [2.45, 2.75) is 25.9 Å². The number of alkyl halides is 3. The van der Waals surface area contributed by atoms with Crippen LogP contribution in [-0.4, -0.2) is 12.8 Å². The van der Waals surface area contributed by atoms with Crippen LogP contribution < -0.4 is 4.74 Å². The molecule has 7 heteroatoms. The van der Waals surface area contributed by atoms with Crippen LogP contribution in [0.25, 0.3) is 33.0 Å². The third-order valence-corrected chi connectivity index (χ3v) is 5.47. The fraction of sp³-hybridized carbons (Fsp3) is 0.185. The maximum atomic E-state index is 15.0. The molecule has 4 rings (SSSR count). The summed E-state index contributed by atoms with van der Waals surface area (Å²) in [5.41, 5.74) is 2.22. The molecule has 0 aliphatic carbocycles. The fourth-order valence-electron chi connectivity index (χ4n) is 3.86. The minimum absolute atomic E-state index is 0.0506. The van der Waals surface area contributed by atoms with E-state index in [-0.39, 0.29) is 16.5 Å². The number of hydrogen-bond acceptors (Lipinski definition) is 1. The highest BCUT2D eigenvalue weighted by atomic mass is 19.4. The van der Waals surface area contributed by atoms with E-state index >= 15 is 0 Å². The molecule has 0 saturated heterocycles. The predicted octanol–water partition coefficient (Wildman–Crippen LogP) is 8.48. The topological polar surface area (TPSA) is 9.23 Å². The number of fused-ring (bicyclic) bond motifs is 1. The van der Waals surface area contributed by atoms with Gasteiger partial charge in [-0.05, 0) is 52.8 Å². The molecule has 1 nitrogen and oxygen atoms in total. The second-order valence-corrected chi connectivity index (χ2v) is 7.98. The normalized spacial score (nSPS) is 11.7. The molecule has 0 fully saturated rings. The molecule has 0 aliphatic rings. The first-order chi connectivity index (χ1) is 16.2. The molecule has 176 valence electrons. The average molecular weight is 474 g/mol. The van der Waals surface area contributed by atoms with Crippen molar-refractivity contribution in [1.82, 2.24) is 0 Å². The van der Waals surface area contributed by atoms with Gasteiger partial charge in [-0.3, -0.25) is 0 Å². The smallest absolute Gasteiger partial charge is 0.422 e. The molecule has 0 aliphatic heterocycles. The lowest BCUT2D eigenvalue weighted by atomic mass is 9.96. The molecule has 0 unspecified atom stereocenters. The van der Waals surface area contributed by atoms with E-state index in [1.165, 1.54) is 42.5 Å². The number of halogens is 6. The van der Waals surface area contributed by atoms with Crippen molar-refractivity contribution in [2.24, 2.45) is 0 Å². The van der Waals surface area contributed by atoms with Gasteiger partial charge < -0.3 is 4.74 Å². The highest BCUT2D eigenvalue weighted by Crippen LogP contribution is 2.34. The third kappa shape index (κ3) is 5.03. The zero-order valence-electron chi connectivity index (χ0n) is 18.1. The molecule has 0 amide bonds. The Kier molecular flexibility index (Phi) is 6.55. The first-order valence-corrected chi connectivity index (χ1v) is 10.7. The van der Waals surface area contributed by atoms with Crippen LogP contribution in [0.15, 0.2) is 66.7 Å². The van der Waals surface area contributed by atoms with Gasteiger partial charge in [-0.1, -0.05) is 55.8 Å². The second kappa shape index (κ2) is 9.41. The lowest BCUT2D eigenvalue weighted by molar-refractivity contribution is -0.153. The van der Waals surface area contributed by atoms with Gasteiger partial charge in [-0.2, -0.15) is 13.2 Å². The summed E-state index contributed by atoms with van der Waals surface area (Å²) in [7, 11) is 0. The van der Waals surface area contributed by atoms with Crippen molar-refractivity contribution < 1.29 is 31.1 Å². The Morgan fingerprint density at radius 3 is 2.03 bits per heavy atom. The summed E-state index contributed by atoms with van der Waals surface area (Å²) in [6, 6.07) is 16.1. The Bertz CT molecular complexity index is 1340. The molecule has 0 spiro atoms. The van der Waals surface area contributed by atoms with Crippen LogP contribution in [0.1, 0.15) is 18.9 Å². The number of benzene rings is 4. The van der Waals surface area contributed by atoms with Gasteiger partial charge in [-0.25, -0.2) is 13.2 Å². The lowest BCUT2D eigenvalue weighted by Gasteiger charge is -2.12. The van der Waals surface area contributed by atoms with Crippen molar-refractivity contribution in [2.75, 3.05) is 6.61 Å². The molecule has 0 aromatic heterocycles. The van der Waals surface area contributed by atoms with Gasteiger partial charge in [0.2, 0.25) is 0 Å². The SMILES string of the molecule is CCCc1ccc(-c2ccc(-c3ccc4c(F)c(OCC(F)(F)F)ccc4c3)c(F)c2)c(F)c1. The zero-order valence-corrected chi connectivity index (χ0v) is 18.1. The van der Waals surface area contributed by atoms with E-state index in [2.05, 4.69) is 4.74 Å². The van der Waals surface area contributed by atoms with Crippen LogP contribution in [0, 0.1) is 17.5 Å². The Morgan fingerprint density at radius 2 is 1.38 bits per heavy atom. The van der Waals surface area contributed by atoms with Crippen LogP contribution in [0.5, 0.6) is 5.75 Å². The van der Waals surface area contributed by atoms with Gasteiger partial charge in [-0.15, -0.1) is 0 Å². The van der Waals surface area contributed by atoms with Crippen LogP contribution in [0.2, 0.25) is 0 Å². The number of aryl methyl sites for hydroxylation is 1. The van der Waals surface area contributed by atoms with Gasteiger partial charge in [0.1, 0.15) is 11.6 Å². The predicted molar refractivity (Wildman–Crippen MR) is 120 cm³/mol. The molecule has 0 N–H and O–H groups in total. The number of ether oxygens (including phenoxy) is 1. The molecular formula is C27H20F6O. The van der Waals surface area contributed by atoms with Crippen molar-refractivity contribution in [3.63, 3.8) is 0 Å². The first-order valence-electron chi connectivity index (χ1n) is 10.7. The summed E-state index contributed by atoms with van der Waals surface area (Å²) in [4.78, 5) is 0. The molecule has 0 bridgehead atoms. The van der Waals surface area contributed by atoms with Crippen LogP contribution in [0.4, 0.5) is 26.3 Å². The molecule has 0 radical (unpaired) electrons. The highest BCUT2D eigenvalue weighted by molar-refractivity contribution is 5.89. The van der Waals surface area contributed by atoms with E-state index in [1.807, 2.05) is 13.0 Å². The molecule has 4 aromatic carbocycles. The standard InChI is InChI=1S/C27H20F6O/c1-2-3-16-4-8-20(23(28)12-16)19-5-9-21(24(29)14-19)17-6-10-22-18(13-17)7-11-25(26(22)30)34-15-27(31,32)33/h4-14H,2-3,15H2,1H3. The summed E-state index contributed by atoms with van der Waals surface area (Å²) in [5.74, 6) is -2.45. The summed E-state index contributed by atoms with van der Waals surface area (Å²) < 4.78 is 85.8.